The molecule has 0 aliphatic heterocycles. The molecule has 21 heavy (non-hydrogen) atoms. The van der Waals surface area contributed by atoms with Gasteiger partial charge in [-0.2, -0.15) is 30.7 Å². The lowest BCUT2D eigenvalue weighted by atomic mass is 10.1. The first-order chi connectivity index (χ1) is 9.57. The highest BCUT2D eigenvalue weighted by Crippen LogP contribution is 2.39. The molecule has 1 aromatic carbocycles. The van der Waals surface area contributed by atoms with Crippen molar-refractivity contribution in [2.24, 2.45) is 0 Å². The van der Waals surface area contributed by atoms with Crippen molar-refractivity contribution in [2.75, 3.05) is 0 Å². The van der Waals surface area contributed by atoms with Gasteiger partial charge in [0.25, 0.3) is 5.88 Å². The topological polar surface area (TPSA) is 35.0 Å². The molecule has 0 saturated heterocycles. The van der Waals surface area contributed by atoms with E-state index in [4.69, 9.17) is 16.3 Å². The Kier molecular flexibility index (Phi) is 4.02. The largest absolute Gasteiger partial charge is 0.436 e. The second kappa shape index (κ2) is 5.34. The molecule has 0 aliphatic carbocycles. The van der Waals surface area contributed by atoms with Crippen LogP contribution in [0, 0.1) is 0 Å². The number of aromatic nitrogens is 2. The number of nitrogens with zero attached hydrogens (tertiary/aromatic N) is 2. The summed E-state index contributed by atoms with van der Waals surface area (Å²) in [5.41, 5.74) is -2.99. The van der Waals surface area contributed by atoms with E-state index < -0.39 is 29.2 Å². The summed E-state index contributed by atoms with van der Waals surface area (Å²) in [4.78, 5) is 0. The Bertz CT molecular complexity index is 621. The van der Waals surface area contributed by atoms with E-state index in [0.29, 0.717) is 23.9 Å². The molecule has 0 N–H and O–H groups in total. The summed E-state index contributed by atoms with van der Waals surface area (Å²) >= 11 is 6.12. The van der Waals surface area contributed by atoms with Gasteiger partial charge in [-0.15, -0.1) is 4.37 Å². The molecule has 11 heteroatoms. The summed E-state index contributed by atoms with van der Waals surface area (Å²) in [5.74, 6) is -1.05. The minimum Gasteiger partial charge on any atom is -0.436 e. The van der Waals surface area contributed by atoms with Crippen LogP contribution in [-0.2, 0) is 12.4 Å². The van der Waals surface area contributed by atoms with Crippen LogP contribution < -0.4 is 4.74 Å². The van der Waals surface area contributed by atoms with Gasteiger partial charge in [-0.1, -0.05) is 11.6 Å². The molecule has 0 amide bonds. The lowest BCUT2D eigenvalue weighted by Gasteiger charge is -2.13. The van der Waals surface area contributed by atoms with Crippen LogP contribution in [0.25, 0.3) is 0 Å². The van der Waals surface area contributed by atoms with Crippen molar-refractivity contribution >= 4 is 23.3 Å². The number of alkyl halides is 6. The second-order valence-electron chi connectivity index (χ2n) is 3.70. The first-order valence-electron chi connectivity index (χ1n) is 5.03. The van der Waals surface area contributed by atoms with Crippen LogP contribution in [0.4, 0.5) is 26.3 Å². The SMILES string of the molecule is FC(F)(F)c1cc(Oc2nsnc2Cl)cc(C(F)(F)F)c1. The third kappa shape index (κ3) is 3.76. The molecule has 0 unspecified atom stereocenters. The van der Waals surface area contributed by atoms with E-state index in [1.165, 1.54) is 0 Å². The minimum atomic E-state index is -4.95. The summed E-state index contributed by atoms with van der Waals surface area (Å²) in [6.45, 7) is 0. The van der Waals surface area contributed by atoms with E-state index in [9.17, 15) is 26.3 Å². The lowest BCUT2D eigenvalue weighted by molar-refractivity contribution is -0.143. The van der Waals surface area contributed by atoms with Gasteiger partial charge in [-0.05, 0) is 18.2 Å². The lowest BCUT2D eigenvalue weighted by Crippen LogP contribution is -2.11. The Morgan fingerprint density at radius 1 is 0.905 bits per heavy atom. The van der Waals surface area contributed by atoms with Crippen molar-refractivity contribution < 1.29 is 31.1 Å². The summed E-state index contributed by atoms with van der Waals surface area (Å²) in [7, 11) is 0. The van der Waals surface area contributed by atoms with E-state index in [-0.39, 0.29) is 17.1 Å². The molecular weight excluding hydrogens is 346 g/mol. The van der Waals surface area contributed by atoms with Gasteiger partial charge in [0, 0.05) is 0 Å². The zero-order chi connectivity index (χ0) is 15.8. The predicted octanol–water partition coefficient (Wildman–Crippen LogP) is 5.02. The molecule has 0 spiro atoms. The summed E-state index contributed by atoms with van der Waals surface area (Å²) in [5, 5.41) is -0.258. The van der Waals surface area contributed by atoms with Crippen molar-refractivity contribution in [3.63, 3.8) is 0 Å². The molecule has 0 saturated carbocycles. The van der Waals surface area contributed by atoms with Gasteiger partial charge < -0.3 is 4.74 Å². The van der Waals surface area contributed by atoms with Gasteiger partial charge in [0.15, 0.2) is 0 Å². The third-order valence-electron chi connectivity index (χ3n) is 2.20. The monoisotopic (exact) mass is 348 g/mol. The van der Waals surface area contributed by atoms with Crippen LogP contribution in [0.15, 0.2) is 18.2 Å². The van der Waals surface area contributed by atoms with Gasteiger partial charge in [-0.25, -0.2) is 0 Å². The molecule has 1 heterocycles. The number of hydrogen-bond acceptors (Lipinski definition) is 4. The minimum absolute atomic E-state index is 0.00619. The molecular formula is C10H3ClF6N2OS. The zero-order valence-electron chi connectivity index (χ0n) is 9.59. The Balaban J connectivity index is 2.48. The van der Waals surface area contributed by atoms with E-state index in [0.717, 1.165) is 0 Å². The quantitative estimate of drug-likeness (QED) is 0.715. The molecule has 0 fully saturated rings. The first kappa shape index (κ1) is 15.8. The predicted molar refractivity (Wildman–Crippen MR) is 61.4 cm³/mol. The van der Waals surface area contributed by atoms with E-state index in [1.54, 1.807) is 0 Å². The van der Waals surface area contributed by atoms with Crippen molar-refractivity contribution in [1.82, 2.24) is 8.75 Å². The van der Waals surface area contributed by atoms with Crippen molar-refractivity contribution in [3.8, 4) is 11.6 Å². The highest BCUT2D eigenvalue weighted by Gasteiger charge is 2.37. The normalized spacial score (nSPS) is 12.5. The molecule has 0 aliphatic rings. The fourth-order valence-electron chi connectivity index (χ4n) is 1.33. The molecule has 0 radical (unpaired) electrons. The molecule has 0 atom stereocenters. The first-order valence-corrected chi connectivity index (χ1v) is 6.13. The fraction of sp³-hybridized carbons (Fsp3) is 0.200. The summed E-state index contributed by atoms with van der Waals surface area (Å²) in [6, 6.07) is 0.837. The van der Waals surface area contributed by atoms with Crippen LogP contribution in [0.5, 0.6) is 11.6 Å². The number of benzene rings is 1. The van der Waals surface area contributed by atoms with Crippen LogP contribution in [0.1, 0.15) is 11.1 Å². The number of halogens is 7. The van der Waals surface area contributed by atoms with E-state index in [1.807, 2.05) is 0 Å². The van der Waals surface area contributed by atoms with Crippen molar-refractivity contribution in [2.45, 2.75) is 12.4 Å². The zero-order valence-corrected chi connectivity index (χ0v) is 11.2. The maximum atomic E-state index is 12.6. The molecule has 2 rings (SSSR count). The van der Waals surface area contributed by atoms with E-state index in [2.05, 4.69) is 8.75 Å². The molecule has 3 nitrogen and oxygen atoms in total. The van der Waals surface area contributed by atoms with Crippen molar-refractivity contribution in [1.29, 1.82) is 0 Å². The fourth-order valence-corrected chi connectivity index (χ4v) is 1.94. The van der Waals surface area contributed by atoms with Crippen LogP contribution in [0.3, 0.4) is 0 Å². The Hall–Kier alpha value is -1.55. The Morgan fingerprint density at radius 2 is 1.43 bits per heavy atom. The number of hydrogen-bond donors (Lipinski definition) is 0. The standard InChI is InChI=1S/C10H3ClF6N2OS/c11-7-8(19-21-18-7)20-6-2-4(9(12,13)14)1-5(3-6)10(15,16)17/h1-3H. The average Bonchev–Trinajstić information content (AvgIpc) is 2.72. The highest BCUT2D eigenvalue weighted by atomic mass is 35.5. The smallest absolute Gasteiger partial charge is 0.416 e. The summed E-state index contributed by atoms with van der Waals surface area (Å²) < 4.78 is 87.5. The maximum absolute atomic E-state index is 12.6. The van der Waals surface area contributed by atoms with Crippen LogP contribution >= 0.6 is 23.3 Å². The van der Waals surface area contributed by atoms with Gasteiger partial charge >= 0.3 is 12.4 Å². The molecule has 114 valence electrons. The maximum Gasteiger partial charge on any atom is 0.416 e. The van der Waals surface area contributed by atoms with Gasteiger partial charge in [0.2, 0.25) is 5.15 Å². The van der Waals surface area contributed by atoms with Gasteiger partial charge in [-0.3, -0.25) is 0 Å². The molecule has 1 aromatic heterocycles. The van der Waals surface area contributed by atoms with Gasteiger partial charge in [0.05, 0.1) is 22.9 Å². The second-order valence-corrected chi connectivity index (χ2v) is 4.59. The number of ether oxygens (including phenoxy) is 1. The number of rotatable bonds is 2. The Morgan fingerprint density at radius 3 is 1.81 bits per heavy atom. The van der Waals surface area contributed by atoms with Gasteiger partial charge in [0.1, 0.15) is 5.75 Å². The molecule has 0 bridgehead atoms. The van der Waals surface area contributed by atoms with Crippen molar-refractivity contribution in [3.05, 3.63) is 34.5 Å². The Labute approximate surface area is 122 Å². The third-order valence-corrected chi connectivity index (χ3v) is 3.05. The van der Waals surface area contributed by atoms with E-state index >= 15 is 0 Å². The average molecular weight is 349 g/mol. The summed E-state index contributed by atoms with van der Waals surface area (Å²) in [6.07, 6.45) is -9.91. The van der Waals surface area contributed by atoms with Crippen LogP contribution in [-0.4, -0.2) is 8.75 Å². The highest BCUT2D eigenvalue weighted by molar-refractivity contribution is 6.99. The van der Waals surface area contributed by atoms with Crippen LogP contribution in [0.2, 0.25) is 5.15 Å². The molecule has 2 aromatic rings.